The first-order chi connectivity index (χ1) is 12.0. The third-order valence-electron chi connectivity index (χ3n) is 6.46. The Labute approximate surface area is 206 Å². The summed E-state index contributed by atoms with van der Waals surface area (Å²) in [5, 5.41) is 18.3. The summed E-state index contributed by atoms with van der Waals surface area (Å²) in [6.45, 7) is 1.93. The van der Waals surface area contributed by atoms with Crippen molar-refractivity contribution in [3.05, 3.63) is 0 Å². The molecule has 0 aromatic rings. The predicted molar refractivity (Wildman–Crippen MR) is 100 cm³/mol. The van der Waals surface area contributed by atoms with Gasteiger partial charge in [0.1, 0.15) is 11.6 Å². The van der Waals surface area contributed by atoms with Gasteiger partial charge in [0.05, 0.1) is 5.60 Å². The van der Waals surface area contributed by atoms with E-state index in [1.54, 1.807) is 6.92 Å². The molecule has 4 saturated carbocycles. The Morgan fingerprint density at radius 1 is 0.963 bits per heavy atom. The fourth-order valence-electron chi connectivity index (χ4n) is 5.19. The molecule has 0 spiro atoms. The van der Waals surface area contributed by atoms with E-state index in [0.717, 1.165) is 70.6 Å². The predicted octanol–water partition coefficient (Wildman–Crippen LogP) is 0.642. The van der Waals surface area contributed by atoms with Gasteiger partial charge < -0.3 is 15.7 Å². The Bertz CT molecular complexity index is 448. The molecule has 0 aliphatic heterocycles. The molecule has 0 aromatic heterocycles. The van der Waals surface area contributed by atoms with Crippen LogP contribution in [0.1, 0.15) is 90.4 Å². The molecule has 0 aromatic carbocycles. The summed E-state index contributed by atoms with van der Waals surface area (Å²) in [6, 6.07) is 0. The minimum Gasteiger partial charge on any atom is -0.870 e. The van der Waals surface area contributed by atoms with Gasteiger partial charge in [-0.05, 0) is 57.8 Å². The van der Waals surface area contributed by atoms with E-state index in [1.807, 2.05) is 0 Å². The van der Waals surface area contributed by atoms with Gasteiger partial charge in [-0.3, -0.25) is 9.59 Å². The molecule has 0 saturated heterocycles. The quantitative estimate of drug-likeness (QED) is 0.573. The zero-order chi connectivity index (χ0) is 18.3. The van der Waals surface area contributed by atoms with Gasteiger partial charge in [-0.1, -0.05) is 25.7 Å². The topological polar surface area (TPSA) is 105 Å². The number of hydrogen-bond donors (Lipinski definition) is 2. The number of hydrogen-bond acceptors (Lipinski definition) is 5. The van der Waals surface area contributed by atoms with Crippen LogP contribution in [0.5, 0.6) is 0 Å². The molecule has 4 aliphatic carbocycles. The second kappa shape index (κ2) is 14.0. The van der Waals surface area contributed by atoms with E-state index >= 15 is 0 Å². The summed E-state index contributed by atoms with van der Waals surface area (Å²) in [4.78, 5) is 22.6. The fourth-order valence-corrected chi connectivity index (χ4v) is 5.19. The molecular formula is C21H37KO5. The maximum atomic E-state index is 12.1. The number of aliphatic hydroxyl groups is 2. The largest absolute Gasteiger partial charge is 1.00 e. The molecule has 4 unspecified atom stereocenters. The minimum absolute atomic E-state index is 0. The Morgan fingerprint density at radius 2 is 1.59 bits per heavy atom. The van der Waals surface area contributed by atoms with Crippen molar-refractivity contribution in [2.45, 2.75) is 96.0 Å². The molecule has 0 amide bonds. The number of rotatable bonds is 0. The summed E-state index contributed by atoms with van der Waals surface area (Å²) in [5.74, 6) is 1.58. The standard InChI is InChI=1S/C13H20O2.C6H10O.C2H6O.K.H2O/c14-12-9-4-3-6-11(12)13(15)7-2-1-5-10(13)8-9;7-6-4-2-1-3-5-6;1-2-3;;/h9-11,15H,1-8H2;1-5H2;3H,2H2,1H3;;1H2/q;;;+1;/p-1. The first-order valence-electron chi connectivity index (χ1n) is 10.4. The molecule has 3 N–H and O–H groups in total. The summed E-state index contributed by atoms with van der Waals surface area (Å²) in [7, 11) is 0. The van der Waals surface area contributed by atoms with Crippen molar-refractivity contribution in [2.24, 2.45) is 17.8 Å². The van der Waals surface area contributed by atoms with Crippen LogP contribution in [0.2, 0.25) is 0 Å². The zero-order valence-electron chi connectivity index (χ0n) is 17.3. The van der Waals surface area contributed by atoms with Crippen molar-refractivity contribution in [1.82, 2.24) is 0 Å². The maximum Gasteiger partial charge on any atom is 1.00 e. The van der Waals surface area contributed by atoms with Crippen LogP contribution in [0.4, 0.5) is 0 Å². The van der Waals surface area contributed by atoms with E-state index in [-0.39, 0.29) is 69.4 Å². The molecule has 2 bridgehead atoms. The molecule has 5 nitrogen and oxygen atoms in total. The van der Waals surface area contributed by atoms with Crippen LogP contribution in [0, 0.1) is 17.8 Å². The second-order valence-electron chi connectivity index (χ2n) is 8.17. The second-order valence-corrected chi connectivity index (χ2v) is 8.17. The Hall–Kier alpha value is 0.856. The van der Waals surface area contributed by atoms with E-state index < -0.39 is 5.60 Å². The Balaban J connectivity index is 0.000000481. The number of fused-ring (bicyclic) bond motifs is 4. The summed E-state index contributed by atoms with van der Waals surface area (Å²) >= 11 is 0. The molecule has 4 aliphatic rings. The zero-order valence-corrected chi connectivity index (χ0v) is 20.4. The van der Waals surface area contributed by atoms with Crippen LogP contribution in [-0.2, 0) is 9.59 Å². The first kappa shape index (κ1) is 27.9. The molecule has 152 valence electrons. The van der Waals surface area contributed by atoms with E-state index in [9.17, 15) is 14.7 Å². The van der Waals surface area contributed by atoms with Crippen molar-refractivity contribution >= 4 is 11.6 Å². The van der Waals surface area contributed by atoms with Crippen molar-refractivity contribution in [3.63, 3.8) is 0 Å². The number of carbonyl (C=O) groups excluding carboxylic acids is 2. The van der Waals surface area contributed by atoms with Crippen LogP contribution in [0.3, 0.4) is 0 Å². The van der Waals surface area contributed by atoms with Crippen LogP contribution >= 0.6 is 0 Å². The van der Waals surface area contributed by atoms with Crippen molar-refractivity contribution < 1.29 is 76.7 Å². The van der Waals surface area contributed by atoms with Gasteiger partial charge in [-0.2, -0.15) is 0 Å². The van der Waals surface area contributed by atoms with Crippen molar-refractivity contribution in [3.8, 4) is 0 Å². The van der Waals surface area contributed by atoms with Gasteiger partial charge in [0.2, 0.25) is 0 Å². The molecule has 0 radical (unpaired) electrons. The Kier molecular flexibility index (Phi) is 14.4. The summed E-state index contributed by atoms with van der Waals surface area (Å²) in [6.07, 6.45) is 13.8. The summed E-state index contributed by atoms with van der Waals surface area (Å²) in [5.41, 5.74) is -0.605. The molecule has 6 heteroatoms. The maximum absolute atomic E-state index is 12.1. The Morgan fingerprint density at radius 3 is 2.15 bits per heavy atom. The molecule has 27 heavy (non-hydrogen) atoms. The SMILES string of the molecule is CCO.O=C1C2CCCC1C1(O)CCCCC1C2.O=C1CCCCC1.[K+].[OH-]. The third-order valence-corrected chi connectivity index (χ3v) is 6.46. The first-order valence-corrected chi connectivity index (χ1v) is 10.4. The van der Waals surface area contributed by atoms with Gasteiger partial charge in [-0.15, -0.1) is 0 Å². The van der Waals surface area contributed by atoms with Gasteiger partial charge in [0.15, 0.2) is 0 Å². The average molecular weight is 409 g/mol. The smallest absolute Gasteiger partial charge is 0.870 e. The van der Waals surface area contributed by atoms with E-state index in [1.165, 1.54) is 12.8 Å². The van der Waals surface area contributed by atoms with Crippen LogP contribution in [0.15, 0.2) is 0 Å². The van der Waals surface area contributed by atoms with Gasteiger partial charge in [0, 0.05) is 31.3 Å². The third kappa shape index (κ3) is 7.56. The van der Waals surface area contributed by atoms with Gasteiger partial charge in [-0.25, -0.2) is 0 Å². The fraction of sp³-hybridized carbons (Fsp3) is 0.905. The number of Topliss-reactive ketones (excluding diaryl/α,β-unsaturated/α-hetero) is 2. The van der Waals surface area contributed by atoms with Crippen LogP contribution < -0.4 is 51.4 Å². The summed E-state index contributed by atoms with van der Waals surface area (Å²) < 4.78 is 0. The van der Waals surface area contributed by atoms with E-state index in [2.05, 4.69) is 0 Å². The van der Waals surface area contributed by atoms with Crippen LogP contribution in [-0.4, -0.2) is 39.5 Å². The van der Waals surface area contributed by atoms with Crippen LogP contribution in [0.25, 0.3) is 0 Å². The molecule has 0 heterocycles. The van der Waals surface area contributed by atoms with Gasteiger partial charge >= 0.3 is 51.4 Å². The van der Waals surface area contributed by atoms with Gasteiger partial charge in [0.25, 0.3) is 0 Å². The van der Waals surface area contributed by atoms with E-state index in [4.69, 9.17) is 5.11 Å². The molecule has 4 atom stereocenters. The monoisotopic (exact) mass is 408 g/mol. The molecule has 4 rings (SSSR count). The number of carbonyl (C=O) groups is 2. The normalized spacial score (nSPS) is 34.3. The number of aliphatic hydroxyl groups excluding tert-OH is 1. The average Bonchev–Trinajstić information content (AvgIpc) is 2.59. The minimum atomic E-state index is -0.605. The van der Waals surface area contributed by atoms with E-state index in [0.29, 0.717) is 23.4 Å². The van der Waals surface area contributed by atoms with Crippen molar-refractivity contribution in [2.75, 3.05) is 6.61 Å². The molecule has 4 fully saturated rings. The van der Waals surface area contributed by atoms with Crippen molar-refractivity contribution in [1.29, 1.82) is 0 Å². The number of ketones is 2. The molecular weight excluding hydrogens is 371 g/mol.